The van der Waals surface area contributed by atoms with Crippen LogP contribution in [-0.4, -0.2) is 18.4 Å². The zero-order valence-electron chi connectivity index (χ0n) is 15.7. The van der Waals surface area contributed by atoms with Gasteiger partial charge in [0.2, 0.25) is 5.91 Å². The van der Waals surface area contributed by atoms with E-state index in [2.05, 4.69) is 24.5 Å². The summed E-state index contributed by atoms with van der Waals surface area (Å²) in [5.41, 5.74) is 2.32. The second-order valence-corrected chi connectivity index (χ2v) is 6.75. The van der Waals surface area contributed by atoms with Crippen LogP contribution in [0.1, 0.15) is 39.2 Å². The number of hydrogen-bond donors (Lipinski definition) is 2. The molecule has 0 aliphatic heterocycles. The highest BCUT2D eigenvalue weighted by Crippen LogP contribution is 2.25. The van der Waals surface area contributed by atoms with Crippen LogP contribution in [0.25, 0.3) is 0 Å². The highest BCUT2D eigenvalue weighted by Gasteiger charge is 2.11. The minimum atomic E-state index is -0.254. The fourth-order valence-electron chi connectivity index (χ4n) is 2.39. The van der Waals surface area contributed by atoms with E-state index in [4.69, 9.17) is 4.74 Å². The van der Waals surface area contributed by atoms with E-state index in [-0.39, 0.29) is 24.3 Å². The van der Waals surface area contributed by atoms with Gasteiger partial charge in [-0.25, -0.2) is 0 Å². The zero-order valence-corrected chi connectivity index (χ0v) is 15.7. The van der Waals surface area contributed by atoms with E-state index in [9.17, 15) is 9.59 Å². The Labute approximate surface area is 154 Å². The van der Waals surface area contributed by atoms with Crippen molar-refractivity contribution in [1.82, 2.24) is 0 Å². The number of carbonyl (C=O) groups excluding carboxylic acids is 2. The summed E-state index contributed by atoms with van der Waals surface area (Å²) in [4.78, 5) is 24.0. The van der Waals surface area contributed by atoms with Crippen LogP contribution in [-0.2, 0) is 9.59 Å². The molecule has 0 aliphatic carbocycles. The van der Waals surface area contributed by atoms with Gasteiger partial charge in [-0.3, -0.25) is 9.59 Å². The number of ether oxygens (including phenoxy) is 1. The monoisotopic (exact) mass is 354 g/mol. The predicted octanol–water partition coefficient (Wildman–Crippen LogP) is 4.42. The van der Waals surface area contributed by atoms with Crippen molar-refractivity contribution in [2.75, 3.05) is 17.2 Å². The van der Waals surface area contributed by atoms with Crippen LogP contribution >= 0.6 is 0 Å². The van der Waals surface area contributed by atoms with Gasteiger partial charge in [0.1, 0.15) is 5.75 Å². The molecule has 5 nitrogen and oxygen atoms in total. The number of para-hydroxylation sites is 1. The maximum Gasteiger partial charge on any atom is 0.262 e. The highest BCUT2D eigenvalue weighted by atomic mass is 16.5. The molecule has 0 saturated heterocycles. The van der Waals surface area contributed by atoms with Crippen molar-refractivity contribution >= 4 is 23.2 Å². The molecule has 5 heteroatoms. The third-order valence-corrected chi connectivity index (χ3v) is 3.84. The fourth-order valence-corrected chi connectivity index (χ4v) is 2.39. The highest BCUT2D eigenvalue weighted by molar-refractivity contribution is 5.95. The number of amides is 2. The van der Waals surface area contributed by atoms with E-state index in [1.165, 1.54) is 0 Å². The Morgan fingerprint density at radius 2 is 1.58 bits per heavy atom. The standard InChI is InChI=1S/C21H26N2O3/c1-14(2)18-10-5-6-11-19(18)26-13-20(24)22-16-8-7-9-17(12-16)23-21(25)15(3)4/h5-12,14-15H,13H2,1-4H3,(H,22,24)(H,23,25). The van der Waals surface area contributed by atoms with Crippen molar-refractivity contribution in [2.45, 2.75) is 33.6 Å². The van der Waals surface area contributed by atoms with Gasteiger partial charge in [-0.15, -0.1) is 0 Å². The molecule has 0 bridgehead atoms. The van der Waals surface area contributed by atoms with Gasteiger partial charge >= 0.3 is 0 Å². The van der Waals surface area contributed by atoms with E-state index in [0.717, 1.165) is 11.3 Å². The van der Waals surface area contributed by atoms with Gasteiger partial charge in [0.15, 0.2) is 6.61 Å². The molecule has 0 heterocycles. The van der Waals surface area contributed by atoms with E-state index in [0.29, 0.717) is 17.3 Å². The fraction of sp³-hybridized carbons (Fsp3) is 0.333. The second-order valence-electron chi connectivity index (χ2n) is 6.75. The van der Waals surface area contributed by atoms with Crippen molar-refractivity contribution in [3.05, 3.63) is 54.1 Å². The van der Waals surface area contributed by atoms with Crippen LogP contribution in [0.15, 0.2) is 48.5 Å². The van der Waals surface area contributed by atoms with Gasteiger partial charge in [0.25, 0.3) is 5.91 Å². The average Bonchev–Trinajstić information content (AvgIpc) is 2.60. The lowest BCUT2D eigenvalue weighted by atomic mass is 10.0. The number of hydrogen-bond acceptors (Lipinski definition) is 3. The summed E-state index contributed by atoms with van der Waals surface area (Å²) in [7, 11) is 0. The smallest absolute Gasteiger partial charge is 0.262 e. The molecule has 2 N–H and O–H groups in total. The number of anilines is 2. The Morgan fingerprint density at radius 3 is 2.23 bits per heavy atom. The average molecular weight is 354 g/mol. The molecular weight excluding hydrogens is 328 g/mol. The van der Waals surface area contributed by atoms with Crippen molar-refractivity contribution in [3.63, 3.8) is 0 Å². The van der Waals surface area contributed by atoms with Gasteiger partial charge in [0, 0.05) is 17.3 Å². The number of nitrogens with one attached hydrogen (secondary N) is 2. The van der Waals surface area contributed by atoms with Gasteiger partial charge < -0.3 is 15.4 Å². The van der Waals surface area contributed by atoms with Crippen LogP contribution in [0.3, 0.4) is 0 Å². The summed E-state index contributed by atoms with van der Waals surface area (Å²) in [6.45, 7) is 7.74. The summed E-state index contributed by atoms with van der Waals surface area (Å²) in [6, 6.07) is 14.8. The lowest BCUT2D eigenvalue weighted by molar-refractivity contribution is -0.119. The molecule has 26 heavy (non-hydrogen) atoms. The summed E-state index contributed by atoms with van der Waals surface area (Å²) < 4.78 is 5.68. The largest absolute Gasteiger partial charge is 0.483 e. The van der Waals surface area contributed by atoms with Gasteiger partial charge in [-0.2, -0.15) is 0 Å². The molecule has 0 aromatic heterocycles. The van der Waals surface area contributed by atoms with Crippen molar-refractivity contribution in [3.8, 4) is 5.75 Å². The van der Waals surface area contributed by atoms with Gasteiger partial charge in [-0.1, -0.05) is 52.0 Å². The molecule has 0 fully saturated rings. The molecular formula is C21H26N2O3. The Bertz CT molecular complexity index is 769. The number of carbonyl (C=O) groups is 2. The molecule has 2 rings (SSSR count). The Morgan fingerprint density at radius 1 is 0.923 bits per heavy atom. The quantitative estimate of drug-likeness (QED) is 0.773. The lowest BCUT2D eigenvalue weighted by Gasteiger charge is -2.14. The first kappa shape index (κ1) is 19.5. The molecule has 0 aliphatic rings. The molecule has 0 atom stereocenters. The topological polar surface area (TPSA) is 67.4 Å². The van der Waals surface area contributed by atoms with Crippen LogP contribution < -0.4 is 15.4 Å². The Hall–Kier alpha value is -2.82. The molecule has 0 unspecified atom stereocenters. The first-order chi connectivity index (χ1) is 12.4. The van der Waals surface area contributed by atoms with E-state index < -0.39 is 0 Å². The van der Waals surface area contributed by atoms with Gasteiger partial charge in [-0.05, 0) is 35.7 Å². The van der Waals surface area contributed by atoms with Crippen LogP contribution in [0.5, 0.6) is 5.75 Å². The summed E-state index contributed by atoms with van der Waals surface area (Å²) >= 11 is 0. The van der Waals surface area contributed by atoms with E-state index in [1.54, 1.807) is 24.3 Å². The Kier molecular flexibility index (Phi) is 6.78. The molecule has 0 spiro atoms. The third kappa shape index (κ3) is 5.62. The van der Waals surface area contributed by atoms with Crippen LogP contribution in [0.2, 0.25) is 0 Å². The SMILES string of the molecule is CC(C)C(=O)Nc1cccc(NC(=O)COc2ccccc2C(C)C)c1. The number of benzene rings is 2. The molecule has 0 saturated carbocycles. The normalized spacial score (nSPS) is 10.7. The van der Waals surface area contributed by atoms with E-state index >= 15 is 0 Å². The van der Waals surface area contributed by atoms with Crippen LogP contribution in [0.4, 0.5) is 11.4 Å². The van der Waals surface area contributed by atoms with Gasteiger partial charge in [0.05, 0.1) is 0 Å². The molecule has 0 radical (unpaired) electrons. The van der Waals surface area contributed by atoms with Crippen LogP contribution in [0, 0.1) is 5.92 Å². The third-order valence-electron chi connectivity index (χ3n) is 3.84. The molecule has 2 amide bonds. The second kappa shape index (κ2) is 9.04. The predicted molar refractivity (Wildman–Crippen MR) is 105 cm³/mol. The zero-order chi connectivity index (χ0) is 19.1. The molecule has 138 valence electrons. The van der Waals surface area contributed by atoms with Crippen molar-refractivity contribution < 1.29 is 14.3 Å². The first-order valence-corrected chi connectivity index (χ1v) is 8.79. The van der Waals surface area contributed by atoms with Crippen molar-refractivity contribution in [1.29, 1.82) is 0 Å². The van der Waals surface area contributed by atoms with Crippen molar-refractivity contribution in [2.24, 2.45) is 5.92 Å². The summed E-state index contributed by atoms with van der Waals surface area (Å²) in [6.07, 6.45) is 0. The molecule has 2 aromatic rings. The Balaban J connectivity index is 1.95. The minimum absolute atomic E-state index is 0.0675. The minimum Gasteiger partial charge on any atom is -0.483 e. The first-order valence-electron chi connectivity index (χ1n) is 8.79. The maximum atomic E-state index is 12.2. The maximum absolute atomic E-state index is 12.2. The summed E-state index contributed by atoms with van der Waals surface area (Å²) in [5, 5.41) is 5.60. The summed E-state index contributed by atoms with van der Waals surface area (Å²) in [5.74, 6) is 0.603. The molecule has 2 aromatic carbocycles. The lowest BCUT2D eigenvalue weighted by Crippen LogP contribution is -2.21. The number of rotatable bonds is 7. The van der Waals surface area contributed by atoms with E-state index in [1.807, 2.05) is 38.1 Å².